The molecule has 4 nitrogen and oxygen atoms in total. The summed E-state index contributed by atoms with van der Waals surface area (Å²) in [6.45, 7) is 11.1. The van der Waals surface area contributed by atoms with Crippen LogP contribution >= 0.6 is 0 Å². The summed E-state index contributed by atoms with van der Waals surface area (Å²) in [4.78, 5) is 11.8. The molecule has 128 valence electrons. The maximum atomic E-state index is 11.8. The Balaban J connectivity index is 1.73. The van der Waals surface area contributed by atoms with E-state index in [2.05, 4.69) is 13.2 Å². The summed E-state index contributed by atoms with van der Waals surface area (Å²) in [6, 6.07) is 7.69. The van der Waals surface area contributed by atoms with Crippen molar-refractivity contribution in [1.82, 2.24) is 0 Å². The van der Waals surface area contributed by atoms with Gasteiger partial charge in [-0.05, 0) is 50.3 Å². The number of hydrogen-bond acceptors (Lipinski definition) is 4. The maximum absolute atomic E-state index is 11.8. The van der Waals surface area contributed by atoms with E-state index in [1.807, 2.05) is 31.2 Å². The highest BCUT2D eigenvalue weighted by molar-refractivity contribution is 5.87. The highest BCUT2D eigenvalue weighted by atomic mass is 16.6. The van der Waals surface area contributed by atoms with Crippen LogP contribution in [0.15, 0.2) is 43.0 Å². The molecule has 2 aliphatic rings. The van der Waals surface area contributed by atoms with E-state index >= 15 is 0 Å². The first kappa shape index (κ1) is 16.8. The van der Waals surface area contributed by atoms with Gasteiger partial charge in [-0.2, -0.15) is 0 Å². The Hall–Kier alpha value is -2.07. The molecule has 0 radical (unpaired) electrons. The monoisotopic (exact) mass is 328 g/mol. The van der Waals surface area contributed by atoms with Crippen molar-refractivity contribution in [2.24, 2.45) is 11.8 Å². The molecule has 0 aromatic heterocycles. The molecule has 2 fully saturated rings. The second kappa shape index (κ2) is 6.44. The average Bonchev–Trinajstić information content (AvgIpc) is 3.07. The number of aliphatic hydroxyl groups is 1. The van der Waals surface area contributed by atoms with Crippen molar-refractivity contribution in [3.8, 4) is 5.75 Å². The first-order valence-electron chi connectivity index (χ1n) is 8.34. The number of rotatable bonds is 5. The highest BCUT2D eigenvalue weighted by Gasteiger charge is 2.55. The zero-order valence-corrected chi connectivity index (χ0v) is 14.2. The third-order valence-corrected chi connectivity index (χ3v) is 5.03. The molecule has 1 aromatic rings. The summed E-state index contributed by atoms with van der Waals surface area (Å²) in [5, 5.41) is 10.5. The van der Waals surface area contributed by atoms with Crippen molar-refractivity contribution < 1.29 is 19.4 Å². The fraction of sp³-hybridized carbons (Fsp3) is 0.450. The van der Waals surface area contributed by atoms with Crippen LogP contribution < -0.4 is 4.74 Å². The maximum Gasteiger partial charge on any atom is 0.333 e. The molecule has 24 heavy (non-hydrogen) atoms. The molecule has 0 aliphatic heterocycles. The number of allylic oxidation sites excluding steroid dienone is 1. The molecule has 5 atom stereocenters. The van der Waals surface area contributed by atoms with Crippen molar-refractivity contribution in [2.45, 2.75) is 45.0 Å². The molecule has 5 unspecified atom stereocenters. The van der Waals surface area contributed by atoms with Crippen LogP contribution in [0.4, 0.5) is 0 Å². The van der Waals surface area contributed by atoms with Gasteiger partial charge in [0.05, 0.1) is 6.10 Å². The first-order chi connectivity index (χ1) is 11.4. The Bertz CT molecular complexity index is 678. The van der Waals surface area contributed by atoms with E-state index in [1.54, 1.807) is 6.92 Å². The minimum atomic E-state index is -0.525. The number of hydrogen-bond donors (Lipinski definition) is 1. The van der Waals surface area contributed by atoms with E-state index in [-0.39, 0.29) is 30.0 Å². The van der Waals surface area contributed by atoms with Crippen molar-refractivity contribution in [1.29, 1.82) is 0 Å². The van der Waals surface area contributed by atoms with Crippen LogP contribution in [-0.4, -0.2) is 29.4 Å². The number of carbonyl (C=O) groups is 1. The van der Waals surface area contributed by atoms with Crippen LogP contribution in [0.3, 0.4) is 0 Å². The van der Waals surface area contributed by atoms with Gasteiger partial charge in [-0.3, -0.25) is 0 Å². The Kier molecular flexibility index (Phi) is 4.50. The van der Waals surface area contributed by atoms with E-state index in [0.29, 0.717) is 17.7 Å². The number of aliphatic hydroxyl groups excluding tert-OH is 1. The molecule has 1 aromatic carbocycles. The summed E-state index contributed by atoms with van der Waals surface area (Å²) in [5.74, 6) is 0.469. The van der Waals surface area contributed by atoms with E-state index < -0.39 is 6.10 Å². The van der Waals surface area contributed by atoms with E-state index in [4.69, 9.17) is 9.47 Å². The third kappa shape index (κ3) is 3.11. The number of fused-ring (bicyclic) bond motifs is 2. The standard InChI is InChI=1S/C20H24O4/c1-11(2)13-6-5-7-15(8-13)23-19-16-9-14(18(19)21)10-17(16)24-20(22)12(3)4/h5-8,14,16-19,21H,1,3,9-10H2,2,4H3. The average molecular weight is 328 g/mol. The first-order valence-corrected chi connectivity index (χ1v) is 8.34. The molecule has 1 N–H and O–H groups in total. The molecule has 2 aliphatic carbocycles. The zero-order valence-electron chi connectivity index (χ0n) is 14.2. The van der Waals surface area contributed by atoms with Gasteiger partial charge in [0.25, 0.3) is 0 Å². The molecule has 2 saturated carbocycles. The highest BCUT2D eigenvalue weighted by Crippen LogP contribution is 2.48. The molecule has 3 rings (SSSR count). The predicted octanol–water partition coefficient (Wildman–Crippen LogP) is 3.36. The van der Waals surface area contributed by atoms with Gasteiger partial charge in [-0.15, -0.1) is 0 Å². The fourth-order valence-electron chi connectivity index (χ4n) is 3.74. The van der Waals surface area contributed by atoms with Gasteiger partial charge in [0.15, 0.2) is 0 Å². The smallest absolute Gasteiger partial charge is 0.333 e. The third-order valence-electron chi connectivity index (χ3n) is 5.03. The van der Waals surface area contributed by atoms with Crippen molar-refractivity contribution in [2.75, 3.05) is 0 Å². The minimum Gasteiger partial charge on any atom is -0.487 e. The van der Waals surface area contributed by atoms with E-state index in [1.165, 1.54) is 0 Å². The summed E-state index contributed by atoms with van der Waals surface area (Å²) < 4.78 is 11.6. The van der Waals surface area contributed by atoms with Crippen LogP contribution in [0, 0.1) is 11.8 Å². The lowest BCUT2D eigenvalue weighted by atomic mass is 9.92. The van der Waals surface area contributed by atoms with Crippen LogP contribution in [0.1, 0.15) is 32.3 Å². The molecule has 0 heterocycles. The second-order valence-electron chi connectivity index (χ2n) is 7.00. The lowest BCUT2D eigenvalue weighted by Gasteiger charge is -2.33. The molecule has 2 bridgehead atoms. The van der Waals surface area contributed by atoms with Gasteiger partial charge < -0.3 is 14.6 Å². The summed E-state index contributed by atoms with van der Waals surface area (Å²) in [7, 11) is 0. The zero-order chi connectivity index (χ0) is 17.4. The molecule has 0 saturated heterocycles. The van der Waals surface area contributed by atoms with Crippen LogP contribution in [0.5, 0.6) is 5.75 Å². The molecular weight excluding hydrogens is 304 g/mol. The predicted molar refractivity (Wildman–Crippen MR) is 92.5 cm³/mol. The van der Waals surface area contributed by atoms with Gasteiger partial charge >= 0.3 is 5.97 Å². The number of esters is 1. The minimum absolute atomic E-state index is 0.0155. The van der Waals surface area contributed by atoms with Crippen molar-refractivity contribution in [3.05, 3.63) is 48.6 Å². The Labute approximate surface area is 142 Å². The second-order valence-corrected chi connectivity index (χ2v) is 7.00. The van der Waals surface area contributed by atoms with Crippen molar-refractivity contribution in [3.63, 3.8) is 0 Å². The molecule has 4 heteroatoms. The van der Waals surface area contributed by atoms with Crippen molar-refractivity contribution >= 4 is 11.5 Å². The van der Waals surface area contributed by atoms with Gasteiger partial charge in [0, 0.05) is 11.5 Å². The molecular formula is C20H24O4. The van der Waals surface area contributed by atoms with Gasteiger partial charge in [0.1, 0.15) is 18.0 Å². The molecule has 0 spiro atoms. The lowest BCUT2D eigenvalue weighted by Crippen LogP contribution is -2.44. The van der Waals surface area contributed by atoms with Gasteiger partial charge in [-0.1, -0.05) is 30.9 Å². The number of benzene rings is 1. The number of carbonyl (C=O) groups excluding carboxylic acids is 1. The largest absolute Gasteiger partial charge is 0.487 e. The van der Waals surface area contributed by atoms with Gasteiger partial charge in [-0.25, -0.2) is 4.79 Å². The normalized spacial score (nSPS) is 30.9. The topological polar surface area (TPSA) is 55.8 Å². The van der Waals surface area contributed by atoms with Crippen LogP contribution in [0.2, 0.25) is 0 Å². The summed E-state index contributed by atoms with van der Waals surface area (Å²) >= 11 is 0. The van der Waals surface area contributed by atoms with E-state index in [0.717, 1.165) is 17.6 Å². The Morgan fingerprint density at radius 1 is 1.25 bits per heavy atom. The SMILES string of the molecule is C=C(C)C(=O)OC1CC2CC1C(Oc1cccc(C(=C)C)c1)C2O. The summed E-state index contributed by atoms with van der Waals surface area (Å²) in [5.41, 5.74) is 2.36. The number of ether oxygens (including phenoxy) is 2. The van der Waals surface area contributed by atoms with Crippen LogP contribution in [-0.2, 0) is 9.53 Å². The van der Waals surface area contributed by atoms with Crippen LogP contribution in [0.25, 0.3) is 5.57 Å². The van der Waals surface area contributed by atoms with E-state index in [9.17, 15) is 9.90 Å². The van der Waals surface area contributed by atoms with Gasteiger partial charge in [0.2, 0.25) is 0 Å². The quantitative estimate of drug-likeness (QED) is 0.665. The fourth-order valence-corrected chi connectivity index (χ4v) is 3.74. The Morgan fingerprint density at radius 2 is 2.00 bits per heavy atom. The lowest BCUT2D eigenvalue weighted by molar-refractivity contribution is -0.151. The molecule has 0 amide bonds. The Morgan fingerprint density at radius 3 is 2.62 bits per heavy atom. The summed E-state index contributed by atoms with van der Waals surface area (Å²) in [6.07, 6.45) is 0.420.